The molecular formula is C13H24N4O2. The number of likely N-dealkylation sites (tertiary alicyclic amines) is 1. The summed E-state index contributed by atoms with van der Waals surface area (Å²) in [5, 5.41) is 3.29. The van der Waals surface area contributed by atoms with Crippen LogP contribution >= 0.6 is 0 Å². The molecule has 0 aromatic carbocycles. The van der Waals surface area contributed by atoms with Crippen molar-refractivity contribution in [1.82, 2.24) is 15.1 Å². The number of nitrogens with one attached hydrogen (secondary N) is 1. The minimum atomic E-state index is -0.354. The Balaban J connectivity index is 1.91. The predicted octanol–water partition coefficient (Wildman–Crippen LogP) is -0.852. The number of hydrogen-bond donors (Lipinski definition) is 2. The van der Waals surface area contributed by atoms with Crippen molar-refractivity contribution in [2.45, 2.75) is 31.7 Å². The summed E-state index contributed by atoms with van der Waals surface area (Å²) in [6.45, 7) is 4.11. The molecule has 108 valence electrons. The van der Waals surface area contributed by atoms with E-state index in [9.17, 15) is 9.59 Å². The van der Waals surface area contributed by atoms with Crippen LogP contribution in [-0.2, 0) is 9.59 Å². The van der Waals surface area contributed by atoms with Crippen molar-refractivity contribution in [3.05, 3.63) is 0 Å². The molecule has 0 atom stereocenters. The summed E-state index contributed by atoms with van der Waals surface area (Å²) < 4.78 is 0. The molecule has 0 aromatic rings. The molecule has 0 saturated carbocycles. The van der Waals surface area contributed by atoms with Gasteiger partial charge in [-0.15, -0.1) is 0 Å². The summed E-state index contributed by atoms with van der Waals surface area (Å²) in [7, 11) is 0. The van der Waals surface area contributed by atoms with Crippen molar-refractivity contribution in [3.63, 3.8) is 0 Å². The molecule has 6 nitrogen and oxygen atoms in total. The molecule has 0 spiro atoms. The molecule has 0 aromatic heterocycles. The van der Waals surface area contributed by atoms with Crippen molar-refractivity contribution >= 4 is 11.8 Å². The number of amides is 2. The van der Waals surface area contributed by atoms with E-state index in [1.807, 2.05) is 9.80 Å². The molecule has 0 radical (unpaired) electrons. The first-order valence-electron chi connectivity index (χ1n) is 7.17. The quantitative estimate of drug-likeness (QED) is 0.681. The standard InChI is InChI=1S/C13H24N4O2/c14-12(18)9-17(11-3-5-15-6-4-11)10-13(19)16-7-1-2-8-16/h11,15H,1-10H2,(H2,14,18). The van der Waals surface area contributed by atoms with Crippen LogP contribution in [0.25, 0.3) is 0 Å². The first-order chi connectivity index (χ1) is 9.16. The van der Waals surface area contributed by atoms with Crippen molar-refractivity contribution < 1.29 is 9.59 Å². The molecule has 6 heteroatoms. The highest BCUT2D eigenvalue weighted by molar-refractivity contribution is 5.80. The summed E-state index contributed by atoms with van der Waals surface area (Å²) in [5.74, 6) is -0.218. The van der Waals surface area contributed by atoms with E-state index in [0.717, 1.165) is 51.9 Å². The molecule has 2 aliphatic heterocycles. The number of carbonyl (C=O) groups is 2. The van der Waals surface area contributed by atoms with Gasteiger partial charge in [0, 0.05) is 19.1 Å². The van der Waals surface area contributed by atoms with Gasteiger partial charge in [0.1, 0.15) is 0 Å². The number of hydrogen-bond acceptors (Lipinski definition) is 4. The van der Waals surface area contributed by atoms with Gasteiger partial charge < -0.3 is 16.0 Å². The molecule has 2 fully saturated rings. The predicted molar refractivity (Wildman–Crippen MR) is 72.5 cm³/mol. The highest BCUT2D eigenvalue weighted by Gasteiger charge is 2.27. The Morgan fingerprint density at radius 2 is 1.79 bits per heavy atom. The van der Waals surface area contributed by atoms with E-state index in [0.29, 0.717) is 12.6 Å². The second kappa shape index (κ2) is 6.86. The van der Waals surface area contributed by atoms with Crippen LogP contribution in [0.3, 0.4) is 0 Å². The molecule has 0 aliphatic carbocycles. The van der Waals surface area contributed by atoms with Crippen molar-refractivity contribution in [3.8, 4) is 0 Å². The van der Waals surface area contributed by atoms with Crippen LogP contribution < -0.4 is 11.1 Å². The lowest BCUT2D eigenvalue weighted by atomic mass is 10.0. The third-order valence-electron chi connectivity index (χ3n) is 3.98. The summed E-state index contributed by atoms with van der Waals surface area (Å²) in [6.07, 6.45) is 4.13. The Hall–Kier alpha value is -1.14. The van der Waals surface area contributed by atoms with Crippen molar-refractivity contribution in [1.29, 1.82) is 0 Å². The lowest BCUT2D eigenvalue weighted by Gasteiger charge is -2.34. The lowest BCUT2D eigenvalue weighted by Crippen LogP contribution is -2.50. The molecule has 2 amide bonds. The average molecular weight is 268 g/mol. The van der Waals surface area contributed by atoms with E-state index >= 15 is 0 Å². The fourth-order valence-electron chi connectivity index (χ4n) is 2.93. The molecule has 2 heterocycles. The highest BCUT2D eigenvalue weighted by atomic mass is 16.2. The van der Waals surface area contributed by atoms with Gasteiger partial charge in [-0.25, -0.2) is 0 Å². The number of piperidine rings is 1. The van der Waals surface area contributed by atoms with Crippen LogP contribution in [-0.4, -0.2) is 66.9 Å². The van der Waals surface area contributed by atoms with E-state index < -0.39 is 0 Å². The third kappa shape index (κ3) is 4.18. The second-order valence-corrected chi connectivity index (χ2v) is 5.44. The van der Waals surface area contributed by atoms with E-state index in [2.05, 4.69) is 5.32 Å². The van der Waals surface area contributed by atoms with Crippen molar-refractivity contribution in [2.24, 2.45) is 5.73 Å². The number of nitrogens with zero attached hydrogens (tertiary/aromatic N) is 2. The fraction of sp³-hybridized carbons (Fsp3) is 0.846. The number of carbonyl (C=O) groups excluding carboxylic acids is 2. The van der Waals surface area contributed by atoms with Crippen LogP contribution in [0.1, 0.15) is 25.7 Å². The van der Waals surface area contributed by atoms with Gasteiger partial charge >= 0.3 is 0 Å². The average Bonchev–Trinajstić information content (AvgIpc) is 2.92. The van der Waals surface area contributed by atoms with Gasteiger partial charge in [0.2, 0.25) is 11.8 Å². The number of nitrogens with two attached hydrogens (primary N) is 1. The van der Waals surface area contributed by atoms with E-state index in [4.69, 9.17) is 5.73 Å². The Kier molecular flexibility index (Phi) is 5.15. The SMILES string of the molecule is NC(=O)CN(CC(=O)N1CCCC1)C1CCNCC1. The van der Waals surface area contributed by atoms with E-state index in [1.165, 1.54) is 0 Å². The van der Waals surface area contributed by atoms with Gasteiger partial charge in [0.15, 0.2) is 0 Å². The molecule has 19 heavy (non-hydrogen) atoms. The van der Waals surface area contributed by atoms with Crippen LogP contribution in [0, 0.1) is 0 Å². The zero-order chi connectivity index (χ0) is 13.7. The minimum Gasteiger partial charge on any atom is -0.369 e. The number of primary amides is 1. The molecule has 2 rings (SSSR count). The van der Waals surface area contributed by atoms with Crippen LogP contribution in [0.4, 0.5) is 0 Å². The molecule has 0 bridgehead atoms. The van der Waals surface area contributed by atoms with Crippen molar-refractivity contribution in [2.75, 3.05) is 39.3 Å². The molecule has 2 aliphatic rings. The maximum Gasteiger partial charge on any atom is 0.236 e. The van der Waals surface area contributed by atoms with Gasteiger partial charge in [0.25, 0.3) is 0 Å². The summed E-state index contributed by atoms with van der Waals surface area (Å²) in [5.41, 5.74) is 5.31. The first-order valence-corrected chi connectivity index (χ1v) is 7.17. The second-order valence-electron chi connectivity index (χ2n) is 5.44. The molecular weight excluding hydrogens is 244 g/mol. The number of rotatable bonds is 5. The fourth-order valence-corrected chi connectivity index (χ4v) is 2.93. The van der Waals surface area contributed by atoms with Gasteiger partial charge in [0.05, 0.1) is 13.1 Å². The van der Waals surface area contributed by atoms with Crippen LogP contribution in [0.2, 0.25) is 0 Å². The highest BCUT2D eigenvalue weighted by Crippen LogP contribution is 2.13. The maximum absolute atomic E-state index is 12.2. The zero-order valence-corrected chi connectivity index (χ0v) is 11.4. The Labute approximate surface area is 114 Å². The van der Waals surface area contributed by atoms with Crippen LogP contribution in [0.5, 0.6) is 0 Å². The van der Waals surface area contributed by atoms with Gasteiger partial charge in [-0.2, -0.15) is 0 Å². The van der Waals surface area contributed by atoms with E-state index in [1.54, 1.807) is 0 Å². The molecule has 3 N–H and O–H groups in total. The maximum atomic E-state index is 12.2. The Morgan fingerprint density at radius 3 is 2.37 bits per heavy atom. The zero-order valence-electron chi connectivity index (χ0n) is 11.4. The summed E-state index contributed by atoms with van der Waals surface area (Å²) in [4.78, 5) is 27.3. The van der Waals surface area contributed by atoms with E-state index in [-0.39, 0.29) is 18.4 Å². The van der Waals surface area contributed by atoms with Gasteiger partial charge in [-0.05, 0) is 38.8 Å². The monoisotopic (exact) mass is 268 g/mol. The molecule has 0 unspecified atom stereocenters. The third-order valence-corrected chi connectivity index (χ3v) is 3.98. The first kappa shape index (κ1) is 14.3. The normalized spacial score (nSPS) is 21.0. The largest absolute Gasteiger partial charge is 0.369 e. The summed E-state index contributed by atoms with van der Waals surface area (Å²) in [6, 6.07) is 0.292. The lowest BCUT2D eigenvalue weighted by molar-refractivity contribution is -0.132. The topological polar surface area (TPSA) is 78.7 Å². The smallest absolute Gasteiger partial charge is 0.236 e. The molecule has 2 saturated heterocycles. The summed E-state index contributed by atoms with van der Waals surface area (Å²) >= 11 is 0. The Bertz CT molecular complexity index is 323. The minimum absolute atomic E-state index is 0.136. The van der Waals surface area contributed by atoms with Crippen LogP contribution in [0.15, 0.2) is 0 Å². The van der Waals surface area contributed by atoms with Gasteiger partial charge in [-0.3, -0.25) is 14.5 Å². The Morgan fingerprint density at radius 1 is 1.16 bits per heavy atom. The van der Waals surface area contributed by atoms with Gasteiger partial charge in [-0.1, -0.05) is 0 Å².